The van der Waals surface area contributed by atoms with Gasteiger partial charge in [0.15, 0.2) is 0 Å². The van der Waals surface area contributed by atoms with Crippen LogP contribution in [0.2, 0.25) is 0 Å². The summed E-state index contributed by atoms with van der Waals surface area (Å²) in [7, 11) is 1.62. The van der Waals surface area contributed by atoms with E-state index in [-0.39, 0.29) is 0 Å². The van der Waals surface area contributed by atoms with Crippen molar-refractivity contribution in [3.05, 3.63) is 53.6 Å². The number of fused-ring (bicyclic) bond motifs is 1. The van der Waals surface area contributed by atoms with E-state index in [4.69, 9.17) is 9.47 Å². The first-order valence-corrected chi connectivity index (χ1v) is 7.84. The molecule has 0 bridgehead atoms. The van der Waals surface area contributed by atoms with E-state index in [0.29, 0.717) is 25.1 Å². The van der Waals surface area contributed by atoms with Gasteiger partial charge in [-0.25, -0.2) is 0 Å². The topological polar surface area (TPSA) is 55.8 Å². The third-order valence-corrected chi connectivity index (χ3v) is 4.05. The predicted octanol–water partition coefficient (Wildman–Crippen LogP) is 3.00. The summed E-state index contributed by atoms with van der Waals surface area (Å²) in [5.41, 5.74) is 2.16. The van der Waals surface area contributed by atoms with E-state index in [9.17, 15) is 9.59 Å². The Morgan fingerprint density at radius 2 is 1.71 bits per heavy atom. The molecule has 24 heavy (non-hydrogen) atoms. The number of ketones is 1. The largest absolute Gasteiger partial charge is 0.497 e. The van der Waals surface area contributed by atoms with Crippen LogP contribution >= 0.6 is 0 Å². The van der Waals surface area contributed by atoms with Gasteiger partial charge in [0.25, 0.3) is 11.7 Å². The van der Waals surface area contributed by atoms with Gasteiger partial charge in [0.2, 0.25) is 0 Å². The molecule has 2 aromatic rings. The zero-order chi connectivity index (χ0) is 17.1. The first-order chi connectivity index (χ1) is 11.6. The van der Waals surface area contributed by atoms with Gasteiger partial charge in [-0.3, -0.25) is 9.59 Å². The highest BCUT2D eigenvalue weighted by molar-refractivity contribution is 6.52. The Morgan fingerprint density at radius 1 is 1.00 bits per heavy atom. The van der Waals surface area contributed by atoms with Crippen molar-refractivity contribution in [1.82, 2.24) is 0 Å². The molecule has 5 nitrogen and oxygen atoms in total. The summed E-state index contributed by atoms with van der Waals surface area (Å²) in [6.07, 6.45) is 0.638. The lowest BCUT2D eigenvalue weighted by atomic mass is 10.1. The van der Waals surface area contributed by atoms with Crippen LogP contribution in [0, 0.1) is 6.92 Å². The fourth-order valence-electron chi connectivity index (χ4n) is 2.84. The summed E-state index contributed by atoms with van der Waals surface area (Å²) >= 11 is 0. The van der Waals surface area contributed by atoms with Crippen molar-refractivity contribution in [2.24, 2.45) is 0 Å². The van der Waals surface area contributed by atoms with Crippen molar-refractivity contribution in [2.45, 2.75) is 13.3 Å². The molecule has 0 saturated heterocycles. The predicted molar refractivity (Wildman–Crippen MR) is 91.0 cm³/mol. The fraction of sp³-hybridized carbons (Fsp3) is 0.263. The molecule has 0 aromatic heterocycles. The minimum absolute atomic E-state index is 0.426. The number of carbonyl (C=O) groups is 2. The lowest BCUT2D eigenvalue weighted by Gasteiger charge is -2.18. The van der Waals surface area contributed by atoms with Crippen LogP contribution in [-0.2, 0) is 4.79 Å². The average molecular weight is 325 g/mol. The standard InChI is InChI=1S/C19H19NO4/c1-13-5-3-6-16-17(13)20(19(22)18(16)21)11-4-12-24-15-9-7-14(23-2)8-10-15/h3,5-10H,4,11-12H2,1-2H3. The SMILES string of the molecule is COc1ccc(OCCCN2C(=O)C(=O)c3cccc(C)c32)cc1. The minimum atomic E-state index is -0.455. The van der Waals surface area contributed by atoms with E-state index in [1.54, 1.807) is 24.1 Å². The molecule has 124 valence electrons. The van der Waals surface area contributed by atoms with Crippen LogP contribution in [0.3, 0.4) is 0 Å². The number of rotatable bonds is 6. The number of hydrogen-bond acceptors (Lipinski definition) is 4. The smallest absolute Gasteiger partial charge is 0.299 e. The monoisotopic (exact) mass is 325 g/mol. The highest BCUT2D eigenvalue weighted by atomic mass is 16.5. The van der Waals surface area contributed by atoms with E-state index < -0.39 is 11.7 Å². The van der Waals surface area contributed by atoms with Gasteiger partial charge < -0.3 is 14.4 Å². The van der Waals surface area contributed by atoms with E-state index in [1.807, 2.05) is 37.3 Å². The maximum atomic E-state index is 12.2. The van der Waals surface area contributed by atoms with Crippen molar-refractivity contribution >= 4 is 17.4 Å². The van der Waals surface area contributed by atoms with Gasteiger partial charge in [-0.05, 0) is 49.2 Å². The van der Waals surface area contributed by atoms with E-state index in [2.05, 4.69) is 0 Å². The first-order valence-electron chi connectivity index (χ1n) is 7.84. The second kappa shape index (κ2) is 6.74. The molecule has 0 N–H and O–H groups in total. The zero-order valence-corrected chi connectivity index (χ0v) is 13.7. The van der Waals surface area contributed by atoms with Gasteiger partial charge in [-0.1, -0.05) is 12.1 Å². The lowest BCUT2D eigenvalue weighted by Crippen LogP contribution is -2.31. The number of amides is 1. The average Bonchev–Trinajstić information content (AvgIpc) is 2.85. The Labute approximate surface area is 140 Å². The number of aryl methyl sites for hydroxylation is 1. The Bertz CT molecular complexity index is 767. The molecule has 1 heterocycles. The van der Waals surface area contributed by atoms with Gasteiger partial charge >= 0.3 is 0 Å². The minimum Gasteiger partial charge on any atom is -0.497 e. The summed E-state index contributed by atoms with van der Waals surface area (Å²) < 4.78 is 10.8. The molecule has 0 spiro atoms. The number of anilines is 1. The number of Topliss-reactive ketones (excluding diaryl/α,β-unsaturated/α-hetero) is 1. The quantitative estimate of drug-likeness (QED) is 0.605. The molecule has 5 heteroatoms. The number of nitrogens with zero attached hydrogens (tertiary/aromatic N) is 1. The Balaban J connectivity index is 1.59. The lowest BCUT2D eigenvalue weighted by molar-refractivity contribution is -0.114. The van der Waals surface area contributed by atoms with Crippen LogP contribution in [0.4, 0.5) is 5.69 Å². The van der Waals surface area contributed by atoms with Crippen LogP contribution in [0.1, 0.15) is 22.3 Å². The van der Waals surface area contributed by atoms with Crippen LogP contribution in [0.15, 0.2) is 42.5 Å². The molecular formula is C19H19NO4. The van der Waals surface area contributed by atoms with Crippen molar-refractivity contribution in [3.8, 4) is 11.5 Å². The fourth-order valence-corrected chi connectivity index (χ4v) is 2.84. The third-order valence-electron chi connectivity index (χ3n) is 4.05. The van der Waals surface area contributed by atoms with Gasteiger partial charge in [-0.15, -0.1) is 0 Å². The third kappa shape index (κ3) is 2.97. The molecule has 2 aromatic carbocycles. The number of benzene rings is 2. The maximum absolute atomic E-state index is 12.2. The second-order valence-corrected chi connectivity index (χ2v) is 5.63. The Hall–Kier alpha value is -2.82. The van der Waals surface area contributed by atoms with Crippen molar-refractivity contribution in [1.29, 1.82) is 0 Å². The van der Waals surface area contributed by atoms with Gasteiger partial charge in [0.1, 0.15) is 11.5 Å². The second-order valence-electron chi connectivity index (χ2n) is 5.63. The van der Waals surface area contributed by atoms with Crippen molar-refractivity contribution in [3.63, 3.8) is 0 Å². The molecule has 0 atom stereocenters. The highest BCUT2D eigenvalue weighted by Crippen LogP contribution is 2.32. The number of para-hydroxylation sites is 1. The van der Waals surface area contributed by atoms with Crippen molar-refractivity contribution < 1.29 is 19.1 Å². The summed E-state index contributed by atoms with van der Waals surface area (Å²) in [6.45, 7) is 2.83. The van der Waals surface area contributed by atoms with Crippen LogP contribution in [0.5, 0.6) is 11.5 Å². The zero-order valence-electron chi connectivity index (χ0n) is 13.7. The Kier molecular flexibility index (Phi) is 4.51. The van der Waals surface area contributed by atoms with Crippen LogP contribution in [-0.4, -0.2) is 32.0 Å². The van der Waals surface area contributed by atoms with E-state index >= 15 is 0 Å². The normalized spacial score (nSPS) is 13.2. The molecule has 1 amide bonds. The number of carbonyl (C=O) groups excluding carboxylic acids is 2. The van der Waals surface area contributed by atoms with Crippen LogP contribution in [0.25, 0.3) is 0 Å². The Morgan fingerprint density at radius 3 is 2.42 bits per heavy atom. The maximum Gasteiger partial charge on any atom is 0.299 e. The number of hydrogen-bond donors (Lipinski definition) is 0. The molecule has 0 radical (unpaired) electrons. The first kappa shape index (κ1) is 16.1. The molecule has 0 saturated carbocycles. The molecule has 3 rings (SSSR count). The summed E-state index contributed by atoms with van der Waals surface area (Å²) in [6, 6.07) is 12.7. The summed E-state index contributed by atoms with van der Waals surface area (Å²) in [4.78, 5) is 25.8. The van der Waals surface area contributed by atoms with Gasteiger partial charge in [-0.2, -0.15) is 0 Å². The molecule has 0 unspecified atom stereocenters. The van der Waals surface area contributed by atoms with Gasteiger partial charge in [0.05, 0.1) is 25.0 Å². The highest BCUT2D eigenvalue weighted by Gasteiger charge is 2.36. The van der Waals surface area contributed by atoms with Crippen LogP contribution < -0.4 is 14.4 Å². The molecule has 0 fully saturated rings. The number of ether oxygens (including phenoxy) is 2. The number of methoxy groups -OCH3 is 1. The summed E-state index contributed by atoms with van der Waals surface area (Å²) in [5.74, 6) is 0.639. The molecular weight excluding hydrogens is 306 g/mol. The van der Waals surface area contributed by atoms with E-state index in [1.165, 1.54) is 0 Å². The van der Waals surface area contributed by atoms with Gasteiger partial charge in [0, 0.05) is 6.54 Å². The molecule has 1 aliphatic heterocycles. The van der Waals surface area contributed by atoms with Crippen molar-refractivity contribution in [2.75, 3.05) is 25.2 Å². The molecule has 0 aliphatic carbocycles. The van der Waals surface area contributed by atoms with E-state index in [0.717, 1.165) is 22.7 Å². The summed E-state index contributed by atoms with van der Waals surface area (Å²) in [5, 5.41) is 0. The molecule has 1 aliphatic rings.